The van der Waals surface area contributed by atoms with Crippen LogP contribution in [-0.4, -0.2) is 11.8 Å². The fourth-order valence-electron chi connectivity index (χ4n) is 3.58. The number of nitrogens with one attached hydrogen (secondary N) is 2. The number of para-hydroxylation sites is 1. The van der Waals surface area contributed by atoms with E-state index in [1.807, 2.05) is 37.3 Å². The first-order valence-electron chi connectivity index (χ1n) is 9.23. The number of carbonyl (C=O) groups is 2. The number of anilines is 2. The van der Waals surface area contributed by atoms with Crippen LogP contribution in [0.4, 0.5) is 11.4 Å². The Hall–Kier alpha value is -3.41. The Morgan fingerprint density at radius 1 is 1.18 bits per heavy atom. The zero-order valence-corrected chi connectivity index (χ0v) is 15.5. The third-order valence-corrected chi connectivity index (χ3v) is 5.07. The van der Waals surface area contributed by atoms with Gasteiger partial charge in [0.25, 0.3) is 0 Å². The Labute approximate surface area is 161 Å². The van der Waals surface area contributed by atoms with Crippen molar-refractivity contribution in [3.63, 3.8) is 0 Å². The summed E-state index contributed by atoms with van der Waals surface area (Å²) in [7, 11) is 0. The van der Waals surface area contributed by atoms with Crippen molar-refractivity contribution in [2.45, 2.75) is 26.2 Å². The van der Waals surface area contributed by atoms with Crippen molar-refractivity contribution in [3.05, 3.63) is 70.1 Å². The summed E-state index contributed by atoms with van der Waals surface area (Å²) >= 11 is 0. The first-order valence-corrected chi connectivity index (χ1v) is 9.23. The van der Waals surface area contributed by atoms with Crippen molar-refractivity contribution < 1.29 is 14.0 Å². The summed E-state index contributed by atoms with van der Waals surface area (Å²) < 4.78 is 5.21. The van der Waals surface area contributed by atoms with Crippen LogP contribution in [0.1, 0.15) is 24.0 Å². The minimum Gasteiger partial charge on any atom is -0.423 e. The number of amides is 2. The monoisotopic (exact) mass is 376 g/mol. The molecule has 1 aromatic heterocycles. The van der Waals surface area contributed by atoms with Gasteiger partial charge in [-0.25, -0.2) is 4.79 Å². The van der Waals surface area contributed by atoms with Gasteiger partial charge in [0, 0.05) is 41.2 Å². The molecule has 2 heterocycles. The van der Waals surface area contributed by atoms with Crippen LogP contribution in [0.2, 0.25) is 0 Å². The van der Waals surface area contributed by atoms with Gasteiger partial charge in [0.05, 0.1) is 0 Å². The largest absolute Gasteiger partial charge is 0.423 e. The second kappa shape index (κ2) is 7.31. The van der Waals surface area contributed by atoms with Crippen molar-refractivity contribution in [1.82, 2.24) is 0 Å². The highest BCUT2D eigenvalue weighted by Crippen LogP contribution is 2.28. The number of benzene rings is 2. The summed E-state index contributed by atoms with van der Waals surface area (Å²) in [6, 6.07) is 14.4. The van der Waals surface area contributed by atoms with Gasteiger partial charge in [0.2, 0.25) is 11.8 Å². The maximum Gasteiger partial charge on any atom is 0.336 e. The lowest BCUT2D eigenvalue weighted by Gasteiger charge is -2.24. The molecule has 1 aliphatic rings. The molecule has 28 heavy (non-hydrogen) atoms. The number of hydrogen-bond acceptors (Lipinski definition) is 4. The summed E-state index contributed by atoms with van der Waals surface area (Å²) in [6.07, 6.45) is 1.33. The molecule has 2 N–H and O–H groups in total. The van der Waals surface area contributed by atoms with E-state index < -0.39 is 5.63 Å². The average Bonchev–Trinajstić information content (AvgIpc) is 2.66. The van der Waals surface area contributed by atoms with E-state index >= 15 is 0 Å². The van der Waals surface area contributed by atoms with Crippen LogP contribution < -0.4 is 16.3 Å². The highest BCUT2D eigenvalue weighted by atomic mass is 16.4. The van der Waals surface area contributed by atoms with Crippen molar-refractivity contribution in [2.75, 3.05) is 10.6 Å². The fourth-order valence-corrected chi connectivity index (χ4v) is 3.58. The highest BCUT2D eigenvalue weighted by molar-refractivity contribution is 5.97. The Bertz CT molecular complexity index is 1130. The SMILES string of the molecule is Cc1cc(=O)oc2cc(NC(=O)CCC3Cc4ccccc4NC3=O)ccc12. The zero-order chi connectivity index (χ0) is 19.7. The van der Waals surface area contributed by atoms with Gasteiger partial charge in [-0.15, -0.1) is 0 Å². The van der Waals surface area contributed by atoms with Gasteiger partial charge in [-0.3, -0.25) is 9.59 Å². The molecule has 3 aromatic rings. The fraction of sp³-hybridized carbons (Fsp3) is 0.227. The topological polar surface area (TPSA) is 88.4 Å². The summed E-state index contributed by atoms with van der Waals surface area (Å²) in [5, 5.41) is 6.54. The van der Waals surface area contributed by atoms with Crippen LogP contribution in [0.15, 0.2) is 57.7 Å². The van der Waals surface area contributed by atoms with Crippen LogP contribution >= 0.6 is 0 Å². The molecule has 0 saturated carbocycles. The molecule has 1 aliphatic heterocycles. The minimum atomic E-state index is -0.419. The lowest BCUT2D eigenvalue weighted by atomic mass is 9.89. The normalized spacial score (nSPS) is 15.8. The smallest absolute Gasteiger partial charge is 0.336 e. The van der Waals surface area contributed by atoms with Crippen LogP contribution in [0.25, 0.3) is 11.0 Å². The molecule has 2 amide bonds. The number of hydrogen-bond donors (Lipinski definition) is 2. The van der Waals surface area contributed by atoms with Gasteiger partial charge in [-0.2, -0.15) is 0 Å². The van der Waals surface area contributed by atoms with Crippen LogP contribution in [0.5, 0.6) is 0 Å². The highest BCUT2D eigenvalue weighted by Gasteiger charge is 2.26. The van der Waals surface area contributed by atoms with Gasteiger partial charge in [-0.05, 0) is 49.1 Å². The maximum absolute atomic E-state index is 12.3. The van der Waals surface area contributed by atoms with Crippen molar-refractivity contribution >= 4 is 34.2 Å². The molecule has 0 aliphatic carbocycles. The van der Waals surface area contributed by atoms with Gasteiger partial charge in [0.1, 0.15) is 5.58 Å². The van der Waals surface area contributed by atoms with Crippen LogP contribution in [0, 0.1) is 12.8 Å². The van der Waals surface area contributed by atoms with Gasteiger partial charge < -0.3 is 15.1 Å². The lowest BCUT2D eigenvalue weighted by molar-refractivity contribution is -0.121. The third-order valence-electron chi connectivity index (χ3n) is 5.07. The molecule has 142 valence electrons. The van der Waals surface area contributed by atoms with E-state index in [2.05, 4.69) is 10.6 Å². The van der Waals surface area contributed by atoms with E-state index in [0.29, 0.717) is 24.1 Å². The van der Waals surface area contributed by atoms with Crippen molar-refractivity contribution in [1.29, 1.82) is 0 Å². The first-order chi connectivity index (χ1) is 13.5. The van der Waals surface area contributed by atoms with Crippen LogP contribution in [-0.2, 0) is 16.0 Å². The Morgan fingerprint density at radius 3 is 2.86 bits per heavy atom. The Morgan fingerprint density at radius 2 is 2.00 bits per heavy atom. The number of rotatable bonds is 4. The molecule has 0 radical (unpaired) electrons. The van der Waals surface area contributed by atoms with E-state index in [4.69, 9.17) is 4.42 Å². The predicted molar refractivity (Wildman–Crippen MR) is 107 cm³/mol. The molecule has 0 fully saturated rings. The third kappa shape index (κ3) is 3.67. The molecule has 1 unspecified atom stereocenters. The Balaban J connectivity index is 1.40. The summed E-state index contributed by atoms with van der Waals surface area (Å²) in [4.78, 5) is 36.1. The van der Waals surface area contributed by atoms with Gasteiger partial charge in [-0.1, -0.05) is 18.2 Å². The lowest BCUT2D eigenvalue weighted by Crippen LogP contribution is -2.30. The van der Waals surface area contributed by atoms with E-state index in [1.54, 1.807) is 12.1 Å². The number of aryl methyl sites for hydroxylation is 1. The minimum absolute atomic E-state index is 0.0468. The second-order valence-corrected chi connectivity index (χ2v) is 7.09. The maximum atomic E-state index is 12.3. The van der Waals surface area contributed by atoms with Gasteiger partial charge >= 0.3 is 5.63 Å². The summed E-state index contributed by atoms with van der Waals surface area (Å²) in [5.74, 6) is -0.451. The van der Waals surface area contributed by atoms with Crippen LogP contribution in [0.3, 0.4) is 0 Å². The van der Waals surface area contributed by atoms with Crippen molar-refractivity contribution in [3.8, 4) is 0 Å². The van der Waals surface area contributed by atoms with E-state index in [0.717, 1.165) is 22.2 Å². The summed E-state index contributed by atoms with van der Waals surface area (Å²) in [6.45, 7) is 1.84. The molecule has 4 rings (SSSR count). The molecular formula is C22H20N2O4. The van der Waals surface area contributed by atoms with E-state index in [9.17, 15) is 14.4 Å². The van der Waals surface area contributed by atoms with E-state index in [1.165, 1.54) is 6.07 Å². The molecule has 0 bridgehead atoms. The molecule has 2 aromatic carbocycles. The quantitative estimate of drug-likeness (QED) is 0.681. The van der Waals surface area contributed by atoms with Crippen molar-refractivity contribution in [2.24, 2.45) is 5.92 Å². The molecule has 1 atom stereocenters. The average molecular weight is 376 g/mol. The first kappa shape index (κ1) is 18.0. The van der Waals surface area contributed by atoms with E-state index in [-0.39, 0.29) is 24.2 Å². The Kier molecular flexibility index (Phi) is 4.69. The molecule has 0 spiro atoms. The molecule has 6 heteroatoms. The number of carbonyl (C=O) groups excluding carboxylic acids is 2. The molecule has 0 saturated heterocycles. The summed E-state index contributed by atoms with van der Waals surface area (Å²) in [5.41, 5.74) is 3.34. The zero-order valence-electron chi connectivity index (χ0n) is 15.5. The molecule has 6 nitrogen and oxygen atoms in total. The second-order valence-electron chi connectivity index (χ2n) is 7.09. The number of fused-ring (bicyclic) bond motifs is 2. The molecular weight excluding hydrogens is 356 g/mol. The standard InChI is InChI=1S/C22H20N2O4/c1-13-10-21(26)28-19-12-16(7-8-17(13)19)23-20(25)9-6-15-11-14-4-2-3-5-18(14)24-22(15)27/h2-5,7-8,10,12,15H,6,9,11H2,1H3,(H,23,25)(H,24,27). The van der Waals surface area contributed by atoms with Gasteiger partial charge in [0.15, 0.2) is 0 Å². The predicted octanol–water partition coefficient (Wildman–Crippen LogP) is 3.63.